The molecule has 8 nitrogen and oxygen atoms in total. The van der Waals surface area contributed by atoms with E-state index in [0.717, 1.165) is 52.1 Å². The summed E-state index contributed by atoms with van der Waals surface area (Å²) in [5.41, 5.74) is 0.359. The van der Waals surface area contributed by atoms with E-state index in [2.05, 4.69) is 10.2 Å². The molecule has 0 unspecified atom stereocenters. The molecule has 0 bridgehead atoms. The molecule has 0 spiro atoms. The van der Waals surface area contributed by atoms with Gasteiger partial charge in [0.2, 0.25) is 10.0 Å². The number of piperidine rings is 1. The number of nitrogens with zero attached hydrogens (tertiary/aromatic N) is 2. The lowest BCUT2D eigenvalue weighted by molar-refractivity contribution is 0.0343. The summed E-state index contributed by atoms with van der Waals surface area (Å²) in [5.74, 6) is -0.499. The maximum atomic E-state index is 13.0. The van der Waals surface area contributed by atoms with Crippen molar-refractivity contribution in [3.05, 3.63) is 29.3 Å². The number of imide groups is 1. The van der Waals surface area contributed by atoms with Crippen LogP contribution in [0.15, 0.2) is 23.1 Å². The molecule has 3 aliphatic heterocycles. The van der Waals surface area contributed by atoms with Gasteiger partial charge in [-0.3, -0.25) is 19.8 Å². The van der Waals surface area contributed by atoms with Crippen LogP contribution in [0.4, 0.5) is 0 Å². The number of carbonyl (C=O) groups is 2. The Bertz CT molecular complexity index is 872. The van der Waals surface area contributed by atoms with E-state index in [-0.39, 0.29) is 16.0 Å². The van der Waals surface area contributed by atoms with Crippen molar-refractivity contribution in [2.75, 3.05) is 45.9 Å². The van der Waals surface area contributed by atoms with E-state index >= 15 is 0 Å². The van der Waals surface area contributed by atoms with Gasteiger partial charge in [-0.05, 0) is 49.9 Å². The highest BCUT2D eigenvalue weighted by Gasteiger charge is 2.33. The van der Waals surface area contributed by atoms with Gasteiger partial charge in [0.1, 0.15) is 0 Å². The summed E-state index contributed by atoms with van der Waals surface area (Å²) in [7, 11) is -3.67. The van der Waals surface area contributed by atoms with Crippen molar-refractivity contribution >= 4 is 21.8 Å². The number of hydrogen-bond donors (Lipinski definition) is 1. The Balaban J connectivity index is 1.37. The Morgan fingerprint density at radius 2 is 1.68 bits per heavy atom. The fourth-order valence-corrected chi connectivity index (χ4v) is 5.58. The predicted molar refractivity (Wildman–Crippen MR) is 102 cm³/mol. The maximum Gasteiger partial charge on any atom is 0.258 e. The number of morpholine rings is 1. The molecule has 28 heavy (non-hydrogen) atoms. The highest BCUT2D eigenvalue weighted by Crippen LogP contribution is 2.28. The summed E-state index contributed by atoms with van der Waals surface area (Å²) in [6.45, 7) is 5.54. The SMILES string of the molecule is O=C1NC(=O)c2cc(S(=O)(=O)N3CCC(CCN4CCOCC4)CC3)ccc21. The second-order valence-electron chi connectivity index (χ2n) is 7.58. The molecule has 3 heterocycles. The summed E-state index contributed by atoms with van der Waals surface area (Å²) >= 11 is 0. The number of benzene rings is 1. The molecule has 4 rings (SSSR count). The third-order valence-electron chi connectivity index (χ3n) is 5.88. The van der Waals surface area contributed by atoms with Gasteiger partial charge >= 0.3 is 0 Å². The van der Waals surface area contributed by atoms with Crippen molar-refractivity contribution < 1.29 is 22.7 Å². The molecule has 152 valence electrons. The number of nitrogens with one attached hydrogen (secondary N) is 1. The van der Waals surface area contributed by atoms with Crippen molar-refractivity contribution in [3.8, 4) is 0 Å². The summed E-state index contributed by atoms with van der Waals surface area (Å²) < 4.78 is 32.8. The highest BCUT2D eigenvalue weighted by molar-refractivity contribution is 7.89. The lowest BCUT2D eigenvalue weighted by atomic mass is 9.94. The van der Waals surface area contributed by atoms with Crippen LogP contribution in [0.2, 0.25) is 0 Å². The van der Waals surface area contributed by atoms with Crippen molar-refractivity contribution in [1.82, 2.24) is 14.5 Å². The minimum Gasteiger partial charge on any atom is -0.379 e. The molecule has 2 saturated heterocycles. The second kappa shape index (κ2) is 7.90. The summed E-state index contributed by atoms with van der Waals surface area (Å²) in [5, 5.41) is 2.19. The third kappa shape index (κ3) is 3.84. The van der Waals surface area contributed by atoms with E-state index in [4.69, 9.17) is 4.74 Å². The van der Waals surface area contributed by atoms with E-state index in [0.29, 0.717) is 19.0 Å². The van der Waals surface area contributed by atoms with Crippen LogP contribution >= 0.6 is 0 Å². The normalized spacial score (nSPS) is 22.3. The monoisotopic (exact) mass is 407 g/mol. The van der Waals surface area contributed by atoms with E-state index in [1.807, 2.05) is 0 Å². The van der Waals surface area contributed by atoms with Gasteiger partial charge in [0.15, 0.2) is 0 Å². The fraction of sp³-hybridized carbons (Fsp3) is 0.579. The quantitative estimate of drug-likeness (QED) is 0.722. The van der Waals surface area contributed by atoms with Gasteiger partial charge in [-0.2, -0.15) is 4.31 Å². The fourth-order valence-electron chi connectivity index (χ4n) is 4.08. The van der Waals surface area contributed by atoms with Crippen LogP contribution in [0.1, 0.15) is 40.0 Å². The van der Waals surface area contributed by atoms with E-state index < -0.39 is 21.8 Å². The Morgan fingerprint density at radius 1 is 1.00 bits per heavy atom. The first-order chi connectivity index (χ1) is 13.4. The van der Waals surface area contributed by atoms with Crippen molar-refractivity contribution in [1.29, 1.82) is 0 Å². The zero-order valence-corrected chi connectivity index (χ0v) is 16.5. The lowest BCUT2D eigenvalue weighted by Crippen LogP contribution is -2.40. The van der Waals surface area contributed by atoms with Gasteiger partial charge in [-0.1, -0.05) is 0 Å². The summed E-state index contributed by atoms with van der Waals surface area (Å²) in [4.78, 5) is 26.0. The molecule has 1 aromatic carbocycles. The van der Waals surface area contributed by atoms with Crippen LogP contribution in [0, 0.1) is 5.92 Å². The van der Waals surface area contributed by atoms with Gasteiger partial charge in [0.25, 0.3) is 11.8 Å². The number of fused-ring (bicyclic) bond motifs is 1. The molecule has 2 amide bonds. The molecular formula is C19H25N3O5S. The maximum absolute atomic E-state index is 13.0. The summed E-state index contributed by atoms with van der Waals surface area (Å²) in [6.07, 6.45) is 2.76. The second-order valence-corrected chi connectivity index (χ2v) is 9.52. The molecule has 1 aromatic rings. The first-order valence-electron chi connectivity index (χ1n) is 9.75. The minimum absolute atomic E-state index is 0.0721. The third-order valence-corrected chi connectivity index (χ3v) is 7.77. The molecule has 2 fully saturated rings. The van der Waals surface area contributed by atoms with Crippen LogP contribution in [0.25, 0.3) is 0 Å². The van der Waals surface area contributed by atoms with Gasteiger partial charge in [-0.15, -0.1) is 0 Å². The molecule has 0 aromatic heterocycles. The van der Waals surface area contributed by atoms with E-state index in [9.17, 15) is 18.0 Å². The molecule has 0 atom stereocenters. The van der Waals surface area contributed by atoms with Crippen LogP contribution in [-0.2, 0) is 14.8 Å². The first kappa shape index (κ1) is 19.5. The molecule has 9 heteroatoms. The Kier molecular flexibility index (Phi) is 5.50. The molecule has 3 aliphatic rings. The van der Waals surface area contributed by atoms with Crippen molar-refractivity contribution in [2.45, 2.75) is 24.2 Å². The number of hydrogen-bond acceptors (Lipinski definition) is 6. The van der Waals surface area contributed by atoms with E-state index in [1.165, 1.54) is 22.5 Å². The molecular weight excluding hydrogens is 382 g/mol. The minimum atomic E-state index is -3.67. The molecule has 0 aliphatic carbocycles. The van der Waals surface area contributed by atoms with E-state index in [1.54, 1.807) is 0 Å². The van der Waals surface area contributed by atoms with Crippen LogP contribution in [-0.4, -0.2) is 75.4 Å². The van der Waals surface area contributed by atoms with Crippen LogP contribution in [0.5, 0.6) is 0 Å². The molecule has 1 N–H and O–H groups in total. The topological polar surface area (TPSA) is 96.0 Å². The molecule has 0 radical (unpaired) electrons. The number of carbonyl (C=O) groups excluding carboxylic acids is 2. The standard InChI is InChI=1S/C19H25N3O5S/c23-18-16-2-1-15(13-17(16)19(24)20-18)28(25,26)22-7-4-14(5-8-22)3-6-21-9-11-27-12-10-21/h1-2,13-14H,3-12H2,(H,20,23,24). The average molecular weight is 407 g/mol. The molecule has 0 saturated carbocycles. The van der Waals surface area contributed by atoms with Crippen molar-refractivity contribution in [2.24, 2.45) is 5.92 Å². The number of amides is 2. The van der Waals surface area contributed by atoms with Crippen LogP contribution < -0.4 is 5.32 Å². The smallest absolute Gasteiger partial charge is 0.258 e. The predicted octanol–water partition coefficient (Wildman–Crippen LogP) is 0.693. The number of ether oxygens (including phenoxy) is 1. The van der Waals surface area contributed by atoms with Gasteiger partial charge in [-0.25, -0.2) is 8.42 Å². The lowest BCUT2D eigenvalue weighted by Gasteiger charge is -2.33. The Labute approximate surface area is 164 Å². The first-order valence-corrected chi connectivity index (χ1v) is 11.2. The zero-order valence-electron chi connectivity index (χ0n) is 15.7. The average Bonchev–Trinajstić information content (AvgIpc) is 3.01. The van der Waals surface area contributed by atoms with Crippen LogP contribution in [0.3, 0.4) is 0 Å². The Hall–Kier alpha value is -1.81. The van der Waals surface area contributed by atoms with Crippen molar-refractivity contribution in [3.63, 3.8) is 0 Å². The summed E-state index contributed by atoms with van der Waals surface area (Å²) in [6, 6.07) is 4.14. The van der Waals surface area contributed by atoms with Gasteiger partial charge < -0.3 is 4.74 Å². The Morgan fingerprint density at radius 3 is 2.39 bits per heavy atom. The largest absolute Gasteiger partial charge is 0.379 e. The van der Waals surface area contributed by atoms with Gasteiger partial charge in [0.05, 0.1) is 29.2 Å². The zero-order chi connectivity index (χ0) is 19.7. The highest BCUT2D eigenvalue weighted by atomic mass is 32.2. The number of rotatable bonds is 5. The van der Waals surface area contributed by atoms with Gasteiger partial charge in [0, 0.05) is 26.2 Å². The number of sulfonamides is 1.